The summed E-state index contributed by atoms with van der Waals surface area (Å²) in [6.07, 6.45) is 1.78. The van der Waals surface area contributed by atoms with Crippen molar-refractivity contribution in [2.24, 2.45) is 5.16 Å². The molecule has 0 radical (unpaired) electrons. The molecule has 0 amide bonds. The van der Waals surface area contributed by atoms with Crippen molar-refractivity contribution in [3.63, 3.8) is 0 Å². The van der Waals surface area contributed by atoms with E-state index in [9.17, 15) is 4.79 Å². The highest BCUT2D eigenvalue weighted by Crippen LogP contribution is 2.23. The number of ether oxygens (including phenoxy) is 1. The van der Waals surface area contributed by atoms with Gasteiger partial charge in [-0.3, -0.25) is 0 Å². The van der Waals surface area contributed by atoms with E-state index < -0.39 is 5.97 Å². The fraction of sp³-hybridized carbons (Fsp3) is 0.0833. The fourth-order valence-corrected chi connectivity index (χ4v) is 2.93. The van der Waals surface area contributed by atoms with Crippen molar-refractivity contribution in [2.45, 2.75) is 13.5 Å². The molecule has 0 saturated carbocycles. The molecular weight excluding hydrogens is 350 g/mol. The topological polar surface area (TPSA) is 47.9 Å². The Bertz CT molecular complexity index is 1050. The molecule has 3 aromatic rings. The van der Waals surface area contributed by atoms with E-state index in [1.54, 1.807) is 6.08 Å². The number of hydrogen-bond donors (Lipinski definition) is 0. The number of rotatable bonds is 5. The van der Waals surface area contributed by atoms with E-state index >= 15 is 0 Å². The van der Waals surface area contributed by atoms with Crippen LogP contribution in [0, 0.1) is 6.92 Å². The number of carbonyl (C=O) groups excluding carboxylic acids is 1. The second-order valence-electron chi connectivity index (χ2n) is 6.59. The first kappa shape index (κ1) is 17.7. The molecule has 138 valence electrons. The SMILES string of the molecule is Cc1ccc(COc2cccc(/C=C3/C(=O)ON=C3c3ccccc3)c2)cc1. The van der Waals surface area contributed by atoms with Crippen molar-refractivity contribution in [3.8, 4) is 5.75 Å². The van der Waals surface area contributed by atoms with E-state index in [1.807, 2.05) is 54.6 Å². The normalized spacial score (nSPS) is 14.7. The van der Waals surface area contributed by atoms with Crippen molar-refractivity contribution in [1.82, 2.24) is 0 Å². The number of benzene rings is 3. The summed E-state index contributed by atoms with van der Waals surface area (Å²) in [7, 11) is 0. The number of carbonyl (C=O) groups is 1. The summed E-state index contributed by atoms with van der Waals surface area (Å²) in [4.78, 5) is 17.0. The summed E-state index contributed by atoms with van der Waals surface area (Å²) in [6, 6.07) is 25.4. The Morgan fingerprint density at radius 2 is 1.75 bits per heavy atom. The van der Waals surface area contributed by atoms with Crippen LogP contribution in [0.3, 0.4) is 0 Å². The van der Waals surface area contributed by atoms with Gasteiger partial charge in [0.25, 0.3) is 0 Å². The summed E-state index contributed by atoms with van der Waals surface area (Å²) < 4.78 is 5.90. The average molecular weight is 369 g/mol. The first-order valence-electron chi connectivity index (χ1n) is 9.04. The Balaban J connectivity index is 1.54. The van der Waals surface area contributed by atoms with Gasteiger partial charge in [0.15, 0.2) is 0 Å². The molecule has 4 nitrogen and oxygen atoms in total. The van der Waals surface area contributed by atoms with Crippen LogP contribution < -0.4 is 4.74 Å². The molecule has 0 N–H and O–H groups in total. The van der Waals surface area contributed by atoms with Crippen molar-refractivity contribution >= 4 is 17.8 Å². The first-order chi connectivity index (χ1) is 13.7. The van der Waals surface area contributed by atoms with Gasteiger partial charge in [0.1, 0.15) is 18.1 Å². The molecule has 1 aliphatic heterocycles. The molecule has 0 aromatic heterocycles. The average Bonchev–Trinajstić information content (AvgIpc) is 3.09. The monoisotopic (exact) mass is 369 g/mol. The predicted molar refractivity (Wildman–Crippen MR) is 109 cm³/mol. The molecule has 1 aliphatic rings. The third kappa shape index (κ3) is 4.01. The van der Waals surface area contributed by atoms with Crippen LogP contribution in [-0.2, 0) is 16.2 Å². The zero-order valence-electron chi connectivity index (χ0n) is 15.5. The van der Waals surface area contributed by atoms with E-state index in [-0.39, 0.29) is 0 Å². The van der Waals surface area contributed by atoms with Crippen molar-refractivity contribution in [1.29, 1.82) is 0 Å². The minimum absolute atomic E-state index is 0.432. The summed E-state index contributed by atoms with van der Waals surface area (Å²) in [6.45, 7) is 2.54. The van der Waals surface area contributed by atoms with Gasteiger partial charge in [-0.2, -0.15) is 0 Å². The standard InChI is InChI=1S/C24H19NO3/c1-17-10-12-18(13-11-17)16-27-21-9-5-6-19(14-21)15-22-23(25-28-24(22)26)20-7-3-2-4-8-20/h2-15H,16H2,1H3/b22-15+. The number of hydrogen-bond acceptors (Lipinski definition) is 4. The van der Waals surface area contributed by atoms with Crippen LogP contribution in [0.4, 0.5) is 0 Å². The summed E-state index contributed by atoms with van der Waals surface area (Å²) >= 11 is 0. The molecule has 28 heavy (non-hydrogen) atoms. The Morgan fingerprint density at radius 3 is 2.54 bits per heavy atom. The van der Waals surface area contributed by atoms with Gasteiger partial charge < -0.3 is 9.57 Å². The van der Waals surface area contributed by atoms with Gasteiger partial charge in [-0.25, -0.2) is 4.79 Å². The Labute approximate surface area is 163 Å². The summed E-state index contributed by atoms with van der Waals surface area (Å²) in [5, 5.41) is 3.94. The minimum atomic E-state index is -0.454. The van der Waals surface area contributed by atoms with E-state index in [1.165, 1.54) is 5.56 Å². The number of nitrogens with zero attached hydrogens (tertiary/aromatic N) is 1. The van der Waals surface area contributed by atoms with Gasteiger partial charge >= 0.3 is 5.97 Å². The number of oxime groups is 1. The Hall–Kier alpha value is -3.66. The van der Waals surface area contributed by atoms with Gasteiger partial charge in [-0.15, -0.1) is 0 Å². The summed E-state index contributed by atoms with van der Waals surface area (Å²) in [5.41, 5.74) is 4.98. The zero-order chi connectivity index (χ0) is 19.3. The largest absolute Gasteiger partial charge is 0.489 e. The maximum atomic E-state index is 12.1. The van der Waals surface area contributed by atoms with Crippen LogP contribution in [-0.4, -0.2) is 11.7 Å². The van der Waals surface area contributed by atoms with Crippen molar-refractivity contribution < 1.29 is 14.4 Å². The van der Waals surface area contributed by atoms with E-state index in [0.29, 0.717) is 17.9 Å². The van der Waals surface area contributed by atoms with Crippen LogP contribution in [0.25, 0.3) is 6.08 Å². The highest BCUT2D eigenvalue weighted by molar-refractivity contribution is 6.31. The van der Waals surface area contributed by atoms with Crippen LogP contribution in [0.2, 0.25) is 0 Å². The molecule has 0 aliphatic carbocycles. The second kappa shape index (κ2) is 7.92. The Morgan fingerprint density at radius 1 is 0.964 bits per heavy atom. The van der Waals surface area contributed by atoms with Gasteiger partial charge in [-0.05, 0) is 36.3 Å². The molecule has 1 heterocycles. The lowest BCUT2D eigenvalue weighted by Crippen LogP contribution is -2.06. The molecular formula is C24H19NO3. The van der Waals surface area contributed by atoms with Gasteiger partial charge in [0.05, 0.1) is 5.57 Å². The molecule has 3 aromatic carbocycles. The second-order valence-corrected chi connectivity index (χ2v) is 6.59. The fourth-order valence-electron chi connectivity index (χ4n) is 2.93. The number of aryl methyl sites for hydroxylation is 1. The lowest BCUT2D eigenvalue weighted by Gasteiger charge is -2.08. The molecule has 0 unspecified atom stereocenters. The van der Waals surface area contributed by atoms with E-state index in [0.717, 1.165) is 22.4 Å². The lowest BCUT2D eigenvalue weighted by atomic mass is 10.0. The maximum absolute atomic E-state index is 12.1. The molecule has 0 atom stereocenters. The molecule has 4 heteroatoms. The smallest absolute Gasteiger partial charge is 0.368 e. The van der Waals surface area contributed by atoms with Crippen LogP contribution in [0.1, 0.15) is 22.3 Å². The predicted octanol–water partition coefficient (Wildman–Crippen LogP) is 4.92. The molecule has 0 bridgehead atoms. The van der Waals surface area contributed by atoms with E-state index in [2.05, 4.69) is 36.3 Å². The highest BCUT2D eigenvalue weighted by atomic mass is 16.7. The van der Waals surface area contributed by atoms with Crippen molar-refractivity contribution in [3.05, 3.63) is 107 Å². The van der Waals surface area contributed by atoms with Gasteiger partial charge in [0.2, 0.25) is 0 Å². The third-order valence-corrected chi connectivity index (χ3v) is 4.44. The van der Waals surface area contributed by atoms with Crippen molar-refractivity contribution in [2.75, 3.05) is 0 Å². The first-order valence-corrected chi connectivity index (χ1v) is 9.04. The highest BCUT2D eigenvalue weighted by Gasteiger charge is 2.26. The van der Waals surface area contributed by atoms with Crippen LogP contribution >= 0.6 is 0 Å². The maximum Gasteiger partial charge on any atom is 0.368 e. The lowest BCUT2D eigenvalue weighted by molar-refractivity contribution is -0.136. The zero-order valence-corrected chi connectivity index (χ0v) is 15.5. The van der Waals surface area contributed by atoms with Gasteiger partial charge in [0, 0.05) is 5.56 Å². The van der Waals surface area contributed by atoms with Gasteiger partial charge in [-0.1, -0.05) is 77.4 Å². The Kier molecular flexibility index (Phi) is 5.02. The quantitative estimate of drug-likeness (QED) is 0.474. The van der Waals surface area contributed by atoms with E-state index in [4.69, 9.17) is 9.57 Å². The summed E-state index contributed by atoms with van der Waals surface area (Å²) in [5.74, 6) is 0.282. The van der Waals surface area contributed by atoms with Crippen LogP contribution in [0.5, 0.6) is 5.75 Å². The molecule has 0 saturated heterocycles. The molecule has 0 spiro atoms. The molecule has 0 fully saturated rings. The molecule has 4 rings (SSSR count). The third-order valence-electron chi connectivity index (χ3n) is 4.44. The van der Waals surface area contributed by atoms with Crippen LogP contribution in [0.15, 0.2) is 89.6 Å². The minimum Gasteiger partial charge on any atom is -0.489 e.